The standard InChI is InChI=1S/C14H17N5S/c1-8-6-10(15)7-16-13(8)20-14-18-17-12(9-2-3-9)19(14)11-4-5-11/h6-7,9,11H,2-5,15H2,1H3. The Morgan fingerprint density at radius 3 is 2.70 bits per heavy atom. The number of anilines is 1. The van der Waals surface area contributed by atoms with Crippen LogP contribution in [0.4, 0.5) is 5.69 Å². The normalized spacial score (nSPS) is 18.4. The van der Waals surface area contributed by atoms with Crippen LogP contribution in [0.1, 0.15) is 49.0 Å². The van der Waals surface area contributed by atoms with Crippen molar-refractivity contribution in [2.75, 3.05) is 5.73 Å². The van der Waals surface area contributed by atoms with Gasteiger partial charge in [0, 0.05) is 12.0 Å². The number of rotatable bonds is 4. The number of aryl methyl sites for hydroxylation is 1. The summed E-state index contributed by atoms with van der Waals surface area (Å²) >= 11 is 1.61. The molecule has 4 rings (SSSR count). The first-order valence-electron chi connectivity index (χ1n) is 7.07. The second-order valence-corrected chi connectivity index (χ2v) is 6.66. The van der Waals surface area contributed by atoms with Crippen LogP contribution in [0.3, 0.4) is 0 Å². The highest BCUT2D eigenvalue weighted by Crippen LogP contribution is 2.46. The van der Waals surface area contributed by atoms with E-state index in [1.54, 1.807) is 18.0 Å². The molecule has 104 valence electrons. The zero-order valence-corrected chi connectivity index (χ0v) is 12.2. The second kappa shape index (κ2) is 4.48. The third-order valence-electron chi connectivity index (χ3n) is 3.78. The largest absolute Gasteiger partial charge is 0.397 e. The van der Waals surface area contributed by atoms with Crippen molar-refractivity contribution in [1.82, 2.24) is 19.7 Å². The number of nitrogens with zero attached hydrogens (tertiary/aromatic N) is 4. The average Bonchev–Trinajstić information content (AvgIpc) is 3.31. The number of hydrogen-bond donors (Lipinski definition) is 1. The summed E-state index contributed by atoms with van der Waals surface area (Å²) in [6.45, 7) is 2.03. The second-order valence-electron chi connectivity index (χ2n) is 5.71. The van der Waals surface area contributed by atoms with Gasteiger partial charge in [0.25, 0.3) is 0 Å². The summed E-state index contributed by atoms with van der Waals surface area (Å²) < 4.78 is 2.35. The Balaban J connectivity index is 1.68. The highest BCUT2D eigenvalue weighted by Gasteiger charge is 2.36. The summed E-state index contributed by atoms with van der Waals surface area (Å²) in [4.78, 5) is 4.42. The van der Waals surface area contributed by atoms with Crippen molar-refractivity contribution in [3.8, 4) is 0 Å². The van der Waals surface area contributed by atoms with Crippen molar-refractivity contribution in [1.29, 1.82) is 0 Å². The fraction of sp³-hybridized carbons (Fsp3) is 0.500. The number of pyridine rings is 1. The summed E-state index contributed by atoms with van der Waals surface area (Å²) in [6, 6.07) is 2.56. The molecule has 2 aliphatic rings. The molecule has 0 aliphatic heterocycles. The van der Waals surface area contributed by atoms with Crippen LogP contribution in [0.15, 0.2) is 22.4 Å². The van der Waals surface area contributed by atoms with Crippen molar-refractivity contribution >= 4 is 17.4 Å². The van der Waals surface area contributed by atoms with Gasteiger partial charge < -0.3 is 10.3 Å². The molecule has 0 bridgehead atoms. The van der Waals surface area contributed by atoms with Crippen molar-refractivity contribution in [3.63, 3.8) is 0 Å². The third kappa shape index (κ3) is 2.18. The molecule has 0 spiro atoms. The molecule has 0 unspecified atom stereocenters. The van der Waals surface area contributed by atoms with E-state index in [-0.39, 0.29) is 0 Å². The molecule has 2 aliphatic carbocycles. The van der Waals surface area contributed by atoms with Gasteiger partial charge in [-0.05, 0) is 56.0 Å². The summed E-state index contributed by atoms with van der Waals surface area (Å²) in [5.41, 5.74) is 7.55. The first kappa shape index (κ1) is 12.2. The van der Waals surface area contributed by atoms with Crippen LogP contribution in [0.25, 0.3) is 0 Å². The Morgan fingerprint density at radius 2 is 2.05 bits per heavy atom. The van der Waals surface area contributed by atoms with Gasteiger partial charge in [-0.25, -0.2) is 4.98 Å². The van der Waals surface area contributed by atoms with E-state index in [0.29, 0.717) is 17.6 Å². The van der Waals surface area contributed by atoms with E-state index in [1.807, 2.05) is 13.0 Å². The number of nitrogen functional groups attached to an aromatic ring is 1. The molecule has 2 heterocycles. The van der Waals surface area contributed by atoms with Crippen LogP contribution in [-0.2, 0) is 0 Å². The maximum atomic E-state index is 5.76. The minimum atomic E-state index is 0.609. The van der Waals surface area contributed by atoms with Crippen LogP contribution in [0.5, 0.6) is 0 Å². The minimum Gasteiger partial charge on any atom is -0.397 e. The van der Waals surface area contributed by atoms with Crippen molar-refractivity contribution in [2.45, 2.75) is 54.7 Å². The highest BCUT2D eigenvalue weighted by atomic mass is 32.2. The van der Waals surface area contributed by atoms with Gasteiger partial charge in [-0.2, -0.15) is 0 Å². The quantitative estimate of drug-likeness (QED) is 0.936. The van der Waals surface area contributed by atoms with Crippen LogP contribution >= 0.6 is 11.8 Å². The fourth-order valence-electron chi connectivity index (χ4n) is 2.43. The molecule has 0 aromatic carbocycles. The van der Waals surface area contributed by atoms with Crippen molar-refractivity contribution in [3.05, 3.63) is 23.7 Å². The summed E-state index contributed by atoms with van der Waals surface area (Å²) in [6.07, 6.45) is 6.72. The van der Waals surface area contributed by atoms with Crippen LogP contribution in [0.2, 0.25) is 0 Å². The molecule has 2 saturated carbocycles. The highest BCUT2D eigenvalue weighted by molar-refractivity contribution is 7.99. The van der Waals surface area contributed by atoms with Gasteiger partial charge in [-0.3, -0.25) is 0 Å². The van der Waals surface area contributed by atoms with Crippen molar-refractivity contribution in [2.24, 2.45) is 0 Å². The van der Waals surface area contributed by atoms with Gasteiger partial charge in [-0.15, -0.1) is 10.2 Å². The smallest absolute Gasteiger partial charge is 0.197 e. The lowest BCUT2D eigenvalue weighted by Gasteiger charge is -2.09. The molecular formula is C14H17N5S. The van der Waals surface area contributed by atoms with Gasteiger partial charge in [-0.1, -0.05) is 0 Å². The molecule has 5 nitrogen and oxygen atoms in total. The molecule has 20 heavy (non-hydrogen) atoms. The van der Waals surface area contributed by atoms with Gasteiger partial charge in [0.15, 0.2) is 5.16 Å². The Labute approximate surface area is 122 Å². The van der Waals surface area contributed by atoms with Gasteiger partial charge in [0.2, 0.25) is 0 Å². The maximum absolute atomic E-state index is 5.76. The van der Waals surface area contributed by atoms with E-state index in [0.717, 1.165) is 15.7 Å². The first-order chi connectivity index (χ1) is 9.72. The van der Waals surface area contributed by atoms with E-state index >= 15 is 0 Å². The Bertz CT molecular complexity index is 658. The van der Waals surface area contributed by atoms with E-state index < -0.39 is 0 Å². The maximum Gasteiger partial charge on any atom is 0.197 e. The minimum absolute atomic E-state index is 0.609. The van der Waals surface area contributed by atoms with Gasteiger partial charge >= 0.3 is 0 Å². The molecule has 0 amide bonds. The predicted octanol–water partition coefficient (Wildman–Crippen LogP) is 2.93. The molecule has 0 saturated heterocycles. The number of hydrogen-bond acceptors (Lipinski definition) is 5. The van der Waals surface area contributed by atoms with E-state index in [9.17, 15) is 0 Å². The Kier molecular flexibility index (Phi) is 2.73. The third-order valence-corrected chi connectivity index (χ3v) is 4.87. The Morgan fingerprint density at radius 1 is 1.25 bits per heavy atom. The zero-order chi connectivity index (χ0) is 13.7. The monoisotopic (exact) mass is 287 g/mol. The molecular weight excluding hydrogens is 270 g/mol. The summed E-state index contributed by atoms with van der Waals surface area (Å²) in [7, 11) is 0. The first-order valence-corrected chi connectivity index (χ1v) is 7.89. The number of nitrogens with two attached hydrogens (primary N) is 1. The van der Waals surface area contributed by atoms with Crippen LogP contribution in [0, 0.1) is 6.92 Å². The predicted molar refractivity (Wildman–Crippen MR) is 77.8 cm³/mol. The van der Waals surface area contributed by atoms with Crippen molar-refractivity contribution < 1.29 is 0 Å². The topological polar surface area (TPSA) is 69.6 Å². The van der Waals surface area contributed by atoms with Crippen LogP contribution in [-0.4, -0.2) is 19.7 Å². The van der Waals surface area contributed by atoms with E-state index in [1.165, 1.54) is 31.5 Å². The molecule has 2 aromatic rings. The SMILES string of the molecule is Cc1cc(N)cnc1Sc1nnc(C2CC2)n1C1CC1. The van der Waals surface area contributed by atoms with Crippen LogP contribution < -0.4 is 5.73 Å². The lowest BCUT2D eigenvalue weighted by molar-refractivity contribution is 0.626. The molecule has 2 N–H and O–H groups in total. The number of aromatic nitrogens is 4. The molecule has 6 heteroatoms. The van der Waals surface area contributed by atoms with Gasteiger partial charge in [0.1, 0.15) is 10.9 Å². The lowest BCUT2D eigenvalue weighted by atomic mass is 10.3. The fourth-order valence-corrected chi connectivity index (χ4v) is 3.35. The molecule has 0 atom stereocenters. The Hall–Kier alpha value is -1.56. The summed E-state index contributed by atoms with van der Waals surface area (Å²) in [5, 5.41) is 10.8. The molecule has 0 radical (unpaired) electrons. The van der Waals surface area contributed by atoms with Gasteiger partial charge in [0.05, 0.1) is 11.9 Å². The zero-order valence-electron chi connectivity index (χ0n) is 11.4. The molecule has 2 fully saturated rings. The summed E-state index contributed by atoms with van der Waals surface area (Å²) in [5.74, 6) is 1.82. The average molecular weight is 287 g/mol. The van der Waals surface area contributed by atoms with E-state index in [2.05, 4.69) is 19.7 Å². The molecule has 2 aromatic heterocycles. The lowest BCUT2D eigenvalue weighted by Crippen LogP contribution is -2.02. The van der Waals surface area contributed by atoms with E-state index in [4.69, 9.17) is 5.73 Å².